The lowest BCUT2D eigenvalue weighted by Crippen LogP contribution is -2.53. The van der Waals surface area contributed by atoms with Crippen LogP contribution in [0.1, 0.15) is 24.5 Å². The average Bonchev–Trinajstić information content (AvgIpc) is 2.89. The van der Waals surface area contributed by atoms with Crippen molar-refractivity contribution in [1.29, 1.82) is 0 Å². The van der Waals surface area contributed by atoms with Crippen molar-refractivity contribution in [3.63, 3.8) is 0 Å². The summed E-state index contributed by atoms with van der Waals surface area (Å²) in [4.78, 5) is 28.8. The molecule has 0 aliphatic rings. The number of nitrogens with zero attached hydrogens (tertiary/aromatic N) is 2. The molecule has 0 radical (unpaired) electrons. The first-order chi connectivity index (χ1) is 18.1. The predicted octanol–water partition coefficient (Wildman–Crippen LogP) is 5.03. The van der Waals surface area contributed by atoms with Gasteiger partial charge < -0.3 is 10.2 Å². The van der Waals surface area contributed by atoms with E-state index in [1.165, 1.54) is 4.90 Å². The van der Waals surface area contributed by atoms with Crippen molar-refractivity contribution in [3.8, 4) is 0 Å². The largest absolute Gasteiger partial charge is 0.354 e. The molecule has 0 saturated heterocycles. The molecule has 0 saturated carbocycles. The highest BCUT2D eigenvalue weighted by atomic mass is 79.9. The highest BCUT2D eigenvalue weighted by Gasteiger charge is 2.33. The van der Waals surface area contributed by atoms with Crippen molar-refractivity contribution >= 4 is 55.1 Å². The molecule has 3 aromatic carbocycles. The topological polar surface area (TPSA) is 86.8 Å². The Morgan fingerprint density at radius 3 is 2.21 bits per heavy atom. The second kappa shape index (κ2) is 13.8. The Morgan fingerprint density at radius 2 is 1.61 bits per heavy atom. The number of carbonyl (C=O) groups excluding carboxylic acids is 2. The predicted molar refractivity (Wildman–Crippen MR) is 156 cm³/mol. The van der Waals surface area contributed by atoms with E-state index in [1.54, 1.807) is 48.5 Å². The monoisotopic (exact) mass is 619 g/mol. The summed E-state index contributed by atoms with van der Waals surface area (Å²) < 4.78 is 27.4. The van der Waals surface area contributed by atoms with Crippen LogP contribution < -0.4 is 9.62 Å². The minimum Gasteiger partial charge on any atom is -0.354 e. The Bertz CT molecular complexity index is 1340. The molecular weight excluding hydrogens is 590 g/mol. The lowest BCUT2D eigenvalue weighted by atomic mass is 10.0. The van der Waals surface area contributed by atoms with Gasteiger partial charge in [-0.05, 0) is 47.9 Å². The molecule has 0 heterocycles. The molecule has 38 heavy (non-hydrogen) atoms. The Morgan fingerprint density at radius 1 is 0.974 bits per heavy atom. The molecule has 3 aromatic rings. The maximum absolute atomic E-state index is 14.0. The highest BCUT2D eigenvalue weighted by Crippen LogP contribution is 2.24. The minimum absolute atomic E-state index is 0.0352. The van der Waals surface area contributed by atoms with Gasteiger partial charge in [0, 0.05) is 29.0 Å². The quantitative estimate of drug-likeness (QED) is 0.308. The van der Waals surface area contributed by atoms with Crippen LogP contribution in [-0.2, 0) is 32.6 Å². The van der Waals surface area contributed by atoms with E-state index in [1.807, 2.05) is 37.3 Å². The van der Waals surface area contributed by atoms with Gasteiger partial charge in [-0.1, -0.05) is 83.0 Å². The summed E-state index contributed by atoms with van der Waals surface area (Å²) in [5, 5.41) is 3.36. The first kappa shape index (κ1) is 29.7. The van der Waals surface area contributed by atoms with E-state index in [2.05, 4.69) is 21.2 Å². The Labute approximate surface area is 238 Å². The second-order valence-corrected chi connectivity index (χ2v) is 12.1. The summed E-state index contributed by atoms with van der Waals surface area (Å²) in [6.45, 7) is 1.96. The van der Waals surface area contributed by atoms with Gasteiger partial charge in [-0.25, -0.2) is 8.42 Å². The lowest BCUT2D eigenvalue weighted by molar-refractivity contribution is -0.140. The van der Waals surface area contributed by atoms with E-state index < -0.39 is 28.5 Å². The highest BCUT2D eigenvalue weighted by molar-refractivity contribution is 9.10. The van der Waals surface area contributed by atoms with Gasteiger partial charge in [0.25, 0.3) is 0 Å². The summed E-state index contributed by atoms with van der Waals surface area (Å²) >= 11 is 9.79. The van der Waals surface area contributed by atoms with Crippen molar-refractivity contribution in [3.05, 3.63) is 99.5 Å². The van der Waals surface area contributed by atoms with Crippen molar-refractivity contribution in [1.82, 2.24) is 10.2 Å². The third kappa shape index (κ3) is 8.31. The van der Waals surface area contributed by atoms with E-state index in [0.717, 1.165) is 27.0 Å². The molecule has 0 fully saturated rings. The van der Waals surface area contributed by atoms with E-state index >= 15 is 0 Å². The third-order valence-corrected chi connectivity index (χ3v) is 7.95. The fourth-order valence-electron chi connectivity index (χ4n) is 3.95. The summed E-state index contributed by atoms with van der Waals surface area (Å²) in [6.07, 6.45) is 2.04. The molecule has 10 heteroatoms. The summed E-state index contributed by atoms with van der Waals surface area (Å²) in [6, 6.07) is 22.2. The van der Waals surface area contributed by atoms with Crippen LogP contribution in [-0.4, -0.2) is 50.5 Å². The lowest BCUT2D eigenvalue weighted by Gasteiger charge is -2.33. The molecule has 0 aliphatic heterocycles. The zero-order valence-electron chi connectivity index (χ0n) is 21.3. The van der Waals surface area contributed by atoms with Crippen LogP contribution in [0.4, 0.5) is 5.69 Å². The van der Waals surface area contributed by atoms with Crippen molar-refractivity contribution in [2.24, 2.45) is 0 Å². The molecule has 0 bridgehead atoms. The number of anilines is 1. The molecule has 0 unspecified atom stereocenters. The van der Waals surface area contributed by atoms with Crippen LogP contribution in [0.2, 0.25) is 5.02 Å². The summed E-state index contributed by atoms with van der Waals surface area (Å²) in [7, 11) is -3.82. The fourth-order valence-corrected chi connectivity index (χ4v) is 5.26. The van der Waals surface area contributed by atoms with Gasteiger partial charge in [0.2, 0.25) is 21.8 Å². The molecule has 1 N–H and O–H groups in total. The molecular formula is C28H31BrClN3O4S. The average molecular weight is 621 g/mol. The van der Waals surface area contributed by atoms with Crippen LogP contribution in [0, 0.1) is 0 Å². The summed E-state index contributed by atoms with van der Waals surface area (Å²) in [5.74, 6) is -0.837. The number of rotatable bonds is 12. The van der Waals surface area contributed by atoms with Gasteiger partial charge in [-0.2, -0.15) is 0 Å². The third-order valence-electron chi connectivity index (χ3n) is 5.91. The first-order valence-electron chi connectivity index (χ1n) is 12.2. The van der Waals surface area contributed by atoms with Gasteiger partial charge in [-0.15, -0.1) is 0 Å². The zero-order chi connectivity index (χ0) is 27.7. The second-order valence-electron chi connectivity index (χ2n) is 8.86. The molecule has 0 spiro atoms. The molecule has 7 nitrogen and oxygen atoms in total. The van der Waals surface area contributed by atoms with Crippen LogP contribution in [0.3, 0.4) is 0 Å². The van der Waals surface area contributed by atoms with Gasteiger partial charge in [0.1, 0.15) is 12.6 Å². The van der Waals surface area contributed by atoms with Crippen LogP contribution >= 0.6 is 27.5 Å². The molecule has 3 rings (SSSR count). The van der Waals surface area contributed by atoms with E-state index in [-0.39, 0.29) is 18.9 Å². The van der Waals surface area contributed by atoms with Crippen molar-refractivity contribution in [2.75, 3.05) is 23.7 Å². The number of amides is 2. The van der Waals surface area contributed by atoms with Gasteiger partial charge in [-0.3, -0.25) is 13.9 Å². The first-order valence-corrected chi connectivity index (χ1v) is 15.2. The van der Waals surface area contributed by atoms with E-state index in [4.69, 9.17) is 11.6 Å². The molecule has 202 valence electrons. The molecule has 1 atom stereocenters. The Balaban J connectivity index is 2.04. The molecule has 0 aromatic heterocycles. The smallest absolute Gasteiger partial charge is 0.244 e. The maximum atomic E-state index is 14.0. The van der Waals surface area contributed by atoms with Gasteiger partial charge in [0.15, 0.2) is 0 Å². The van der Waals surface area contributed by atoms with Crippen LogP contribution in [0.15, 0.2) is 83.3 Å². The zero-order valence-corrected chi connectivity index (χ0v) is 24.5. The molecule has 2 amide bonds. The SMILES string of the molecule is CCCNC(=O)[C@H](Cc1ccccc1)N(Cc1ccccc1Cl)C(=O)CN(c1ccc(Br)cc1)S(C)(=O)=O. The van der Waals surface area contributed by atoms with Gasteiger partial charge >= 0.3 is 0 Å². The van der Waals surface area contributed by atoms with Gasteiger partial charge in [0.05, 0.1) is 11.9 Å². The van der Waals surface area contributed by atoms with Crippen LogP contribution in [0.5, 0.6) is 0 Å². The molecule has 0 aliphatic carbocycles. The number of sulfonamides is 1. The number of nitrogens with one attached hydrogen (secondary N) is 1. The Kier molecular flexibility index (Phi) is 10.8. The number of hydrogen-bond acceptors (Lipinski definition) is 4. The maximum Gasteiger partial charge on any atom is 0.244 e. The Hall–Kier alpha value is -2.88. The minimum atomic E-state index is -3.82. The van der Waals surface area contributed by atoms with Crippen molar-refractivity contribution < 1.29 is 18.0 Å². The summed E-state index contributed by atoms with van der Waals surface area (Å²) in [5.41, 5.74) is 1.86. The number of carbonyl (C=O) groups is 2. The fraction of sp³-hybridized carbons (Fsp3) is 0.286. The standard InChI is InChI=1S/C28H31BrClN3O4S/c1-3-17-31-28(35)26(18-21-9-5-4-6-10-21)32(19-22-11-7-8-12-25(22)30)27(34)20-33(38(2,36)37)24-15-13-23(29)14-16-24/h4-16,26H,3,17-20H2,1-2H3,(H,31,35)/t26-/m0/s1. The van der Waals surface area contributed by atoms with E-state index in [9.17, 15) is 18.0 Å². The van der Waals surface area contributed by atoms with Crippen LogP contribution in [0.25, 0.3) is 0 Å². The van der Waals surface area contributed by atoms with E-state index in [0.29, 0.717) is 22.8 Å². The number of halogens is 2. The normalized spacial score (nSPS) is 12.0. The van der Waals surface area contributed by atoms with Crippen molar-refractivity contribution in [2.45, 2.75) is 32.4 Å². The number of hydrogen-bond donors (Lipinski definition) is 1. The number of benzene rings is 3.